The average molecular weight is 525 g/mol. The van der Waals surface area contributed by atoms with Gasteiger partial charge in [0.25, 0.3) is 20.2 Å². The van der Waals surface area contributed by atoms with E-state index in [1.165, 1.54) is 62.8 Å². The molecule has 0 saturated carbocycles. The first-order valence-corrected chi connectivity index (χ1v) is 15.5. The second-order valence-corrected chi connectivity index (χ2v) is 12.3. The Labute approximate surface area is 212 Å². The van der Waals surface area contributed by atoms with Gasteiger partial charge in [-0.3, -0.25) is 0 Å². The lowest BCUT2D eigenvalue weighted by Crippen LogP contribution is -2.25. The molecule has 0 heterocycles. The van der Waals surface area contributed by atoms with E-state index >= 15 is 0 Å². The molecule has 0 N–H and O–H groups in total. The van der Waals surface area contributed by atoms with E-state index in [2.05, 4.69) is 6.92 Å². The summed E-state index contributed by atoms with van der Waals surface area (Å²) >= 11 is 0. The first-order chi connectivity index (χ1) is 16.6. The van der Waals surface area contributed by atoms with Gasteiger partial charge in [-0.1, -0.05) is 100 Å². The summed E-state index contributed by atoms with van der Waals surface area (Å²) in [5.41, 5.74) is 1.81. The summed E-state index contributed by atoms with van der Waals surface area (Å²) < 4.78 is 61.8. The summed E-state index contributed by atoms with van der Waals surface area (Å²) in [5, 5.41) is 0. The molecule has 2 aromatic carbocycles. The van der Waals surface area contributed by atoms with Gasteiger partial charge in [-0.15, -0.1) is 0 Å². The Balaban J connectivity index is 1.98. The molecule has 0 atom stereocenters. The molecule has 35 heavy (non-hydrogen) atoms. The van der Waals surface area contributed by atoms with Crippen LogP contribution in [0.3, 0.4) is 0 Å². The smallest absolute Gasteiger partial charge is 0.233 e. The normalized spacial score (nSPS) is 12.3. The number of hydrogen-bond acceptors (Lipinski definition) is 6. The maximum atomic E-state index is 12.8. The van der Waals surface area contributed by atoms with Crippen LogP contribution in [0, 0.1) is 13.8 Å². The minimum atomic E-state index is -4.19. The van der Waals surface area contributed by atoms with E-state index in [-0.39, 0.29) is 16.2 Å². The Kier molecular flexibility index (Phi) is 12.4. The summed E-state index contributed by atoms with van der Waals surface area (Å²) in [4.78, 5) is -0.0694. The number of aryl methyl sites for hydroxylation is 2. The van der Waals surface area contributed by atoms with Crippen molar-refractivity contribution in [3.8, 4) is 0 Å². The molecule has 0 saturated heterocycles. The van der Waals surface area contributed by atoms with E-state index in [1.54, 1.807) is 24.3 Å². The molecule has 0 radical (unpaired) electrons. The van der Waals surface area contributed by atoms with Crippen LogP contribution in [0.15, 0.2) is 58.3 Å². The summed E-state index contributed by atoms with van der Waals surface area (Å²) in [6.07, 6.45) is 9.82. The minimum absolute atomic E-state index is 0.0347. The van der Waals surface area contributed by atoms with Crippen LogP contribution in [0.5, 0.6) is 0 Å². The first kappa shape index (κ1) is 29.5. The van der Waals surface area contributed by atoms with Gasteiger partial charge in [0.2, 0.25) is 0 Å². The van der Waals surface area contributed by atoms with Crippen molar-refractivity contribution in [2.75, 3.05) is 0 Å². The molecule has 0 bridgehead atoms. The summed E-state index contributed by atoms with van der Waals surface area (Å²) in [6.45, 7) is 5.91. The highest BCUT2D eigenvalue weighted by Crippen LogP contribution is 2.23. The van der Waals surface area contributed by atoms with Crippen LogP contribution in [-0.4, -0.2) is 23.1 Å². The van der Waals surface area contributed by atoms with Crippen molar-refractivity contribution in [2.45, 2.75) is 107 Å². The van der Waals surface area contributed by atoms with Crippen LogP contribution in [-0.2, 0) is 28.6 Å². The lowest BCUT2D eigenvalue weighted by molar-refractivity contribution is 0.00873. The van der Waals surface area contributed by atoms with Crippen LogP contribution in [0.25, 0.3) is 0 Å². The van der Waals surface area contributed by atoms with Crippen LogP contribution >= 0.6 is 0 Å². The van der Waals surface area contributed by atoms with Crippen molar-refractivity contribution in [1.82, 2.24) is 0 Å². The molecule has 0 aromatic heterocycles. The molecular weight excluding hydrogens is 484 g/mol. The van der Waals surface area contributed by atoms with Crippen molar-refractivity contribution in [2.24, 2.45) is 0 Å². The Bertz CT molecular complexity index is 998. The molecule has 0 unspecified atom stereocenters. The third-order valence-electron chi connectivity index (χ3n) is 5.88. The Morgan fingerprint density at radius 2 is 0.914 bits per heavy atom. The SMILES string of the molecule is CCCCCCCCCCCCC(OS(=O)(=O)c1ccc(C)cc1)OS(=O)(=O)c1ccc(C)cc1. The molecule has 2 aromatic rings. The third-order valence-corrected chi connectivity index (χ3v) is 8.52. The number of hydrogen-bond donors (Lipinski definition) is 0. The van der Waals surface area contributed by atoms with Crippen LogP contribution in [0.4, 0.5) is 0 Å². The van der Waals surface area contributed by atoms with Gasteiger partial charge in [0.05, 0.1) is 9.79 Å². The van der Waals surface area contributed by atoms with Gasteiger partial charge in [-0.25, -0.2) is 8.37 Å². The first-order valence-electron chi connectivity index (χ1n) is 12.6. The maximum Gasteiger partial charge on any atom is 0.299 e. The Morgan fingerprint density at radius 1 is 0.571 bits per heavy atom. The van der Waals surface area contributed by atoms with E-state index in [0.29, 0.717) is 6.42 Å². The van der Waals surface area contributed by atoms with Crippen molar-refractivity contribution in [3.63, 3.8) is 0 Å². The predicted octanol–water partition coefficient (Wildman–Crippen LogP) is 7.05. The van der Waals surface area contributed by atoms with Gasteiger partial charge in [-0.05, 0) is 44.5 Å². The van der Waals surface area contributed by atoms with Gasteiger partial charge in [0, 0.05) is 6.42 Å². The van der Waals surface area contributed by atoms with Crippen molar-refractivity contribution < 1.29 is 25.2 Å². The van der Waals surface area contributed by atoms with Crippen LogP contribution in [0.1, 0.15) is 88.7 Å². The number of rotatable bonds is 17. The lowest BCUT2D eigenvalue weighted by Gasteiger charge is -2.18. The molecule has 0 fully saturated rings. The van der Waals surface area contributed by atoms with Gasteiger partial charge in [0.1, 0.15) is 0 Å². The highest BCUT2D eigenvalue weighted by atomic mass is 32.2. The molecule has 0 amide bonds. The Hall–Kier alpha value is -1.74. The van der Waals surface area contributed by atoms with Gasteiger partial charge < -0.3 is 0 Å². The zero-order valence-electron chi connectivity index (χ0n) is 21.2. The van der Waals surface area contributed by atoms with Crippen molar-refractivity contribution in [3.05, 3.63) is 59.7 Å². The zero-order chi connectivity index (χ0) is 25.7. The van der Waals surface area contributed by atoms with E-state index in [4.69, 9.17) is 8.37 Å². The molecule has 8 heteroatoms. The summed E-state index contributed by atoms with van der Waals surface area (Å²) in [7, 11) is -8.38. The third kappa shape index (κ3) is 10.8. The largest absolute Gasteiger partial charge is 0.299 e. The topological polar surface area (TPSA) is 86.7 Å². The van der Waals surface area contributed by atoms with E-state index in [9.17, 15) is 16.8 Å². The van der Waals surface area contributed by atoms with Crippen LogP contribution < -0.4 is 0 Å². The monoisotopic (exact) mass is 524 g/mol. The Morgan fingerprint density at radius 3 is 1.29 bits per heavy atom. The molecule has 2 rings (SSSR count). The standard InChI is InChI=1S/C27H40O6S2/c1-4-5-6-7-8-9-10-11-12-13-14-27(32-34(28,29)25-19-15-23(2)16-20-25)33-35(30,31)26-21-17-24(3)18-22-26/h15-22,27H,4-14H2,1-3H3. The predicted molar refractivity (Wildman–Crippen MR) is 139 cm³/mol. The lowest BCUT2D eigenvalue weighted by atomic mass is 10.1. The minimum Gasteiger partial charge on any atom is -0.233 e. The highest BCUT2D eigenvalue weighted by molar-refractivity contribution is 7.87. The second-order valence-electron chi connectivity index (χ2n) is 9.13. The van der Waals surface area contributed by atoms with Crippen molar-refractivity contribution in [1.29, 1.82) is 0 Å². The molecule has 0 aliphatic carbocycles. The summed E-state index contributed by atoms with van der Waals surface area (Å²) in [5.74, 6) is 0. The zero-order valence-corrected chi connectivity index (χ0v) is 22.9. The van der Waals surface area contributed by atoms with Gasteiger partial charge >= 0.3 is 0 Å². The van der Waals surface area contributed by atoms with Gasteiger partial charge in [-0.2, -0.15) is 16.8 Å². The fourth-order valence-corrected chi connectivity index (χ4v) is 5.76. The second kappa shape index (κ2) is 14.7. The van der Waals surface area contributed by atoms with E-state index in [0.717, 1.165) is 30.4 Å². The number of unbranched alkanes of at least 4 members (excludes halogenated alkanes) is 9. The van der Waals surface area contributed by atoms with Crippen LogP contribution in [0.2, 0.25) is 0 Å². The molecule has 0 aliphatic rings. The van der Waals surface area contributed by atoms with E-state index < -0.39 is 26.5 Å². The fraction of sp³-hybridized carbons (Fsp3) is 0.556. The molecule has 0 spiro atoms. The average Bonchev–Trinajstić information content (AvgIpc) is 2.80. The highest BCUT2D eigenvalue weighted by Gasteiger charge is 2.28. The molecule has 0 aliphatic heterocycles. The molecule has 196 valence electrons. The maximum absolute atomic E-state index is 12.8. The molecule has 6 nitrogen and oxygen atoms in total. The number of benzene rings is 2. The fourth-order valence-electron chi connectivity index (χ4n) is 3.71. The van der Waals surface area contributed by atoms with Crippen molar-refractivity contribution >= 4 is 20.2 Å². The summed E-state index contributed by atoms with van der Waals surface area (Å²) in [6, 6.07) is 12.4. The molecular formula is C27H40O6S2. The van der Waals surface area contributed by atoms with Gasteiger partial charge in [0.15, 0.2) is 6.29 Å². The quantitative estimate of drug-likeness (QED) is 0.125. The van der Waals surface area contributed by atoms with E-state index in [1.807, 2.05) is 13.8 Å².